The molecule has 0 aromatic carbocycles. The van der Waals surface area contributed by atoms with E-state index in [-0.39, 0.29) is 18.0 Å². The number of esters is 1. The highest BCUT2D eigenvalue weighted by atomic mass is 79.9. The van der Waals surface area contributed by atoms with Gasteiger partial charge in [-0.1, -0.05) is 0 Å². The monoisotopic (exact) mass is 385 g/mol. The molecule has 7 nitrogen and oxygen atoms in total. The average molecular weight is 386 g/mol. The molecule has 0 saturated carbocycles. The molecule has 2 rings (SSSR count). The van der Waals surface area contributed by atoms with Gasteiger partial charge in [0.1, 0.15) is 6.10 Å². The van der Waals surface area contributed by atoms with Crippen LogP contribution >= 0.6 is 15.9 Å². The molecule has 0 radical (unpaired) electrons. The molecule has 23 heavy (non-hydrogen) atoms. The fourth-order valence-electron chi connectivity index (χ4n) is 2.51. The first-order valence-corrected chi connectivity index (χ1v) is 8.20. The molecule has 8 heteroatoms. The fourth-order valence-corrected chi connectivity index (χ4v) is 2.72. The summed E-state index contributed by atoms with van der Waals surface area (Å²) >= 11 is 3.27. The lowest BCUT2D eigenvalue weighted by Crippen LogP contribution is -2.53. The number of ether oxygens (including phenoxy) is 2. The number of amides is 1. The lowest BCUT2D eigenvalue weighted by molar-refractivity contribution is -0.169. The van der Waals surface area contributed by atoms with Gasteiger partial charge in [0.25, 0.3) is 5.91 Å². The van der Waals surface area contributed by atoms with Gasteiger partial charge in [-0.05, 0) is 42.6 Å². The van der Waals surface area contributed by atoms with Gasteiger partial charge in [-0.25, -0.2) is 9.97 Å². The van der Waals surface area contributed by atoms with E-state index in [4.69, 9.17) is 9.47 Å². The van der Waals surface area contributed by atoms with Gasteiger partial charge >= 0.3 is 12.0 Å². The van der Waals surface area contributed by atoms with Crippen molar-refractivity contribution in [3.8, 4) is 6.01 Å². The normalized spacial score (nSPS) is 18.4. The minimum atomic E-state index is -1.18. The summed E-state index contributed by atoms with van der Waals surface area (Å²) in [4.78, 5) is 33.5. The molecule has 0 aliphatic carbocycles. The summed E-state index contributed by atoms with van der Waals surface area (Å²) in [7, 11) is 0. The van der Waals surface area contributed by atoms with Crippen LogP contribution in [0.2, 0.25) is 0 Å². The van der Waals surface area contributed by atoms with Crippen LogP contribution in [-0.2, 0) is 14.3 Å². The van der Waals surface area contributed by atoms with Crippen molar-refractivity contribution in [2.24, 2.45) is 0 Å². The highest BCUT2D eigenvalue weighted by molar-refractivity contribution is 9.10. The van der Waals surface area contributed by atoms with Crippen molar-refractivity contribution in [2.75, 3.05) is 13.1 Å². The number of carbonyl (C=O) groups excluding carboxylic acids is 2. The Morgan fingerprint density at radius 2 is 2.00 bits per heavy atom. The van der Waals surface area contributed by atoms with Crippen LogP contribution in [-0.4, -0.2) is 51.5 Å². The maximum absolute atomic E-state index is 12.6. The summed E-state index contributed by atoms with van der Waals surface area (Å²) in [5.41, 5.74) is -1.18. The molecule has 1 aliphatic heterocycles. The van der Waals surface area contributed by atoms with E-state index >= 15 is 0 Å². The van der Waals surface area contributed by atoms with Crippen molar-refractivity contribution in [2.45, 2.75) is 45.3 Å². The summed E-state index contributed by atoms with van der Waals surface area (Å²) in [6, 6.07) is 0.284. The third-order valence-electron chi connectivity index (χ3n) is 3.45. The van der Waals surface area contributed by atoms with Crippen LogP contribution in [0.4, 0.5) is 0 Å². The third-order valence-corrected chi connectivity index (χ3v) is 3.86. The SMILES string of the molecule is CC(=O)OC(C)(C)C(=O)N1CCCC(Oc2ncc(Br)cn2)C1. The van der Waals surface area contributed by atoms with Crippen LogP contribution in [0.15, 0.2) is 16.9 Å². The second-order valence-electron chi connectivity index (χ2n) is 5.92. The van der Waals surface area contributed by atoms with Gasteiger partial charge in [-0.15, -0.1) is 0 Å². The van der Waals surface area contributed by atoms with Gasteiger partial charge in [0.15, 0.2) is 5.60 Å². The minimum absolute atomic E-state index is 0.179. The average Bonchev–Trinajstić information content (AvgIpc) is 2.48. The van der Waals surface area contributed by atoms with E-state index in [0.29, 0.717) is 13.1 Å². The number of nitrogens with zero attached hydrogens (tertiary/aromatic N) is 3. The minimum Gasteiger partial charge on any atom is -0.458 e. The number of carbonyl (C=O) groups is 2. The van der Waals surface area contributed by atoms with E-state index in [1.165, 1.54) is 6.92 Å². The molecular weight excluding hydrogens is 366 g/mol. The number of aromatic nitrogens is 2. The zero-order valence-corrected chi connectivity index (χ0v) is 15.0. The number of piperidine rings is 1. The molecule has 2 heterocycles. The molecule has 0 spiro atoms. The number of hydrogen-bond acceptors (Lipinski definition) is 6. The molecular formula is C15H20BrN3O4. The highest BCUT2D eigenvalue weighted by Gasteiger charge is 2.37. The van der Waals surface area contributed by atoms with Gasteiger partial charge < -0.3 is 14.4 Å². The molecule has 0 bridgehead atoms. The van der Waals surface area contributed by atoms with Crippen LogP contribution < -0.4 is 4.74 Å². The number of likely N-dealkylation sites (tertiary alicyclic amines) is 1. The highest BCUT2D eigenvalue weighted by Crippen LogP contribution is 2.21. The van der Waals surface area contributed by atoms with Gasteiger partial charge in [0.2, 0.25) is 0 Å². The Labute approximate surface area is 143 Å². The predicted octanol–water partition coefficient (Wildman–Crippen LogP) is 1.95. The molecule has 126 valence electrons. The zero-order valence-electron chi connectivity index (χ0n) is 13.4. The summed E-state index contributed by atoms with van der Waals surface area (Å²) in [6.07, 6.45) is 4.66. The van der Waals surface area contributed by atoms with Crippen LogP contribution in [0.1, 0.15) is 33.6 Å². The Hall–Kier alpha value is -1.70. The van der Waals surface area contributed by atoms with Crippen molar-refractivity contribution in [1.29, 1.82) is 0 Å². The third kappa shape index (κ3) is 4.89. The second kappa shape index (κ2) is 7.25. The van der Waals surface area contributed by atoms with Crippen LogP contribution in [0.5, 0.6) is 6.01 Å². The van der Waals surface area contributed by atoms with E-state index in [9.17, 15) is 9.59 Å². The fraction of sp³-hybridized carbons (Fsp3) is 0.600. The largest absolute Gasteiger partial charge is 0.458 e. The number of halogens is 1. The topological polar surface area (TPSA) is 81.6 Å². The predicted molar refractivity (Wildman–Crippen MR) is 85.8 cm³/mol. The van der Waals surface area contributed by atoms with Gasteiger partial charge in [0.05, 0.1) is 11.0 Å². The van der Waals surface area contributed by atoms with E-state index in [1.807, 2.05) is 0 Å². The summed E-state index contributed by atoms with van der Waals surface area (Å²) in [5, 5.41) is 0. The first-order chi connectivity index (χ1) is 10.8. The lowest BCUT2D eigenvalue weighted by Gasteiger charge is -2.36. The maximum atomic E-state index is 12.6. The first kappa shape index (κ1) is 17.7. The molecule has 1 aromatic heterocycles. The first-order valence-electron chi connectivity index (χ1n) is 7.41. The van der Waals surface area contributed by atoms with Crippen molar-refractivity contribution in [1.82, 2.24) is 14.9 Å². The van der Waals surface area contributed by atoms with Crippen molar-refractivity contribution < 1.29 is 19.1 Å². The molecule has 1 unspecified atom stereocenters. The molecule has 1 amide bonds. The Balaban J connectivity index is 1.98. The summed E-state index contributed by atoms with van der Waals surface area (Å²) < 4.78 is 11.6. The summed E-state index contributed by atoms with van der Waals surface area (Å²) in [6.45, 7) is 5.52. The van der Waals surface area contributed by atoms with Crippen molar-refractivity contribution >= 4 is 27.8 Å². The number of rotatable bonds is 4. The lowest BCUT2D eigenvalue weighted by atomic mass is 10.0. The van der Waals surface area contributed by atoms with E-state index < -0.39 is 11.6 Å². The van der Waals surface area contributed by atoms with Crippen LogP contribution in [0, 0.1) is 0 Å². The molecule has 1 fully saturated rings. The smallest absolute Gasteiger partial charge is 0.316 e. The van der Waals surface area contributed by atoms with Crippen LogP contribution in [0.25, 0.3) is 0 Å². The Bertz CT molecular complexity index is 577. The Morgan fingerprint density at radius 3 is 2.61 bits per heavy atom. The van der Waals surface area contributed by atoms with E-state index in [2.05, 4.69) is 25.9 Å². The number of hydrogen-bond donors (Lipinski definition) is 0. The Morgan fingerprint density at radius 1 is 1.35 bits per heavy atom. The molecule has 1 saturated heterocycles. The van der Waals surface area contributed by atoms with Gasteiger partial charge in [-0.2, -0.15) is 0 Å². The zero-order chi connectivity index (χ0) is 17.0. The van der Waals surface area contributed by atoms with E-state index in [0.717, 1.165) is 17.3 Å². The molecule has 1 atom stereocenters. The second-order valence-corrected chi connectivity index (χ2v) is 6.84. The Kier molecular flexibility index (Phi) is 5.56. The van der Waals surface area contributed by atoms with Gasteiger partial charge in [0, 0.05) is 25.9 Å². The molecule has 1 aliphatic rings. The quantitative estimate of drug-likeness (QED) is 0.736. The van der Waals surface area contributed by atoms with Crippen molar-refractivity contribution in [3.63, 3.8) is 0 Å². The van der Waals surface area contributed by atoms with Crippen molar-refractivity contribution in [3.05, 3.63) is 16.9 Å². The molecule has 0 N–H and O–H groups in total. The maximum Gasteiger partial charge on any atom is 0.316 e. The van der Waals surface area contributed by atoms with Crippen LogP contribution in [0.3, 0.4) is 0 Å². The van der Waals surface area contributed by atoms with E-state index in [1.54, 1.807) is 31.1 Å². The molecule has 1 aromatic rings. The van der Waals surface area contributed by atoms with Gasteiger partial charge in [-0.3, -0.25) is 9.59 Å². The summed E-state index contributed by atoms with van der Waals surface area (Å²) in [5.74, 6) is -0.700. The standard InChI is InChI=1S/C15H20BrN3O4/c1-10(20)23-15(2,3)13(21)19-6-4-5-12(9-19)22-14-17-7-11(16)8-18-14/h7-8,12H,4-6,9H2,1-3H3.